The number of carboxylic acid groups (broad SMARTS) is 1. The van der Waals surface area contributed by atoms with Crippen LogP contribution in [-0.4, -0.2) is 63.3 Å². The van der Waals surface area contributed by atoms with E-state index < -0.39 is 18.5 Å². The maximum Gasteiger partial charge on any atom is 0.341 e. The smallest absolute Gasteiger partial charge is 0.341 e. The van der Waals surface area contributed by atoms with Crippen molar-refractivity contribution in [2.45, 2.75) is 0 Å². The first-order valence-electron chi connectivity index (χ1n) is 2.82. The minimum atomic E-state index is -1.11. The van der Waals surface area contributed by atoms with Gasteiger partial charge in [-0.15, -0.1) is 0 Å². The van der Waals surface area contributed by atoms with Gasteiger partial charge in [0.05, 0.1) is 5.75 Å². The molecule has 0 heterocycles. The van der Waals surface area contributed by atoms with Gasteiger partial charge >= 0.3 is 5.97 Å². The second-order valence-corrected chi connectivity index (χ2v) is 3.26. The standard InChI is InChI=1S/C5H7NO4S2.Na/c6-3(7)2-12-5(11)10-1-4(8)9;/h1-2H2,(H2,6,7)(H,8,9);. The topological polar surface area (TPSA) is 89.6 Å². The fourth-order valence-electron chi connectivity index (χ4n) is 0.292. The van der Waals surface area contributed by atoms with Gasteiger partial charge in [0.1, 0.15) is 0 Å². The molecule has 8 heteroatoms. The molecule has 0 aliphatic rings. The molecule has 0 aromatic carbocycles. The third-order valence-electron chi connectivity index (χ3n) is 0.646. The molecule has 0 fully saturated rings. The number of carboxylic acids is 1. The summed E-state index contributed by atoms with van der Waals surface area (Å²) in [5, 5.41) is 8.15. The van der Waals surface area contributed by atoms with Crippen molar-refractivity contribution in [2.75, 3.05) is 12.4 Å². The van der Waals surface area contributed by atoms with Gasteiger partial charge in [-0.05, 0) is 12.2 Å². The average Bonchev–Trinajstić information content (AvgIpc) is 1.96. The molecular formula is C5H7NNaO4S2. The van der Waals surface area contributed by atoms with E-state index in [1.54, 1.807) is 0 Å². The van der Waals surface area contributed by atoms with Crippen molar-refractivity contribution < 1.29 is 19.4 Å². The van der Waals surface area contributed by atoms with Gasteiger partial charge in [-0.2, -0.15) is 0 Å². The van der Waals surface area contributed by atoms with Gasteiger partial charge in [-0.1, -0.05) is 11.8 Å². The molecule has 1 radical (unpaired) electrons. The van der Waals surface area contributed by atoms with E-state index in [0.717, 1.165) is 11.8 Å². The first-order chi connectivity index (χ1) is 5.52. The SMILES string of the molecule is NC(=O)CSC(=S)OCC(=O)O.[Na]. The zero-order chi connectivity index (χ0) is 9.56. The molecule has 5 nitrogen and oxygen atoms in total. The Balaban J connectivity index is 0. The van der Waals surface area contributed by atoms with Gasteiger partial charge in [-0.3, -0.25) is 4.79 Å². The summed E-state index contributed by atoms with van der Waals surface area (Å²) < 4.78 is 4.55. The molecule has 0 rings (SSSR count). The van der Waals surface area contributed by atoms with E-state index in [0.29, 0.717) is 0 Å². The van der Waals surface area contributed by atoms with Gasteiger partial charge in [0, 0.05) is 29.6 Å². The van der Waals surface area contributed by atoms with E-state index in [2.05, 4.69) is 17.0 Å². The number of ether oxygens (including phenoxy) is 1. The zero-order valence-corrected chi connectivity index (χ0v) is 10.6. The summed E-state index contributed by atoms with van der Waals surface area (Å²) in [6.45, 7) is -0.495. The van der Waals surface area contributed by atoms with Gasteiger partial charge in [0.15, 0.2) is 6.61 Å². The molecule has 0 unspecified atom stereocenters. The normalized spacial score (nSPS) is 8.31. The maximum absolute atomic E-state index is 10.2. The number of hydrogen-bond donors (Lipinski definition) is 2. The monoisotopic (exact) mass is 232 g/mol. The van der Waals surface area contributed by atoms with E-state index >= 15 is 0 Å². The van der Waals surface area contributed by atoms with Crippen LogP contribution in [0.4, 0.5) is 0 Å². The second kappa shape index (κ2) is 8.76. The third-order valence-corrected chi connectivity index (χ3v) is 1.90. The fourth-order valence-corrected chi connectivity index (χ4v) is 0.930. The molecule has 0 aromatic rings. The van der Waals surface area contributed by atoms with Crippen LogP contribution in [0.15, 0.2) is 0 Å². The molecule has 0 saturated heterocycles. The van der Waals surface area contributed by atoms with Crippen molar-refractivity contribution in [1.29, 1.82) is 0 Å². The number of carbonyl (C=O) groups is 2. The largest absolute Gasteiger partial charge is 0.479 e. The molecule has 3 N–H and O–H groups in total. The number of nitrogens with two attached hydrogens (primary N) is 1. The number of amides is 1. The zero-order valence-electron chi connectivity index (χ0n) is 6.98. The summed E-state index contributed by atoms with van der Waals surface area (Å²) >= 11 is 5.46. The van der Waals surface area contributed by atoms with Crippen molar-refractivity contribution in [3.63, 3.8) is 0 Å². The number of primary amides is 1. The van der Waals surface area contributed by atoms with Crippen LogP contribution in [0.5, 0.6) is 0 Å². The summed E-state index contributed by atoms with van der Waals surface area (Å²) in [5.74, 6) is -1.64. The van der Waals surface area contributed by atoms with Crippen molar-refractivity contribution >= 4 is 69.8 Å². The van der Waals surface area contributed by atoms with E-state index in [9.17, 15) is 9.59 Å². The van der Waals surface area contributed by atoms with Crippen LogP contribution < -0.4 is 5.73 Å². The molecule has 1 amide bonds. The summed E-state index contributed by atoms with van der Waals surface area (Å²) in [4.78, 5) is 20.2. The summed E-state index contributed by atoms with van der Waals surface area (Å²) in [5.41, 5.74) is 4.81. The van der Waals surface area contributed by atoms with Crippen molar-refractivity contribution in [3.05, 3.63) is 0 Å². The Morgan fingerprint density at radius 1 is 1.54 bits per heavy atom. The Bertz CT molecular complexity index is 191. The molecule has 0 aliphatic carbocycles. The number of hydrogen-bond acceptors (Lipinski definition) is 5. The number of thioether (sulfide) groups is 1. The fraction of sp³-hybridized carbons (Fsp3) is 0.400. The molecule has 13 heavy (non-hydrogen) atoms. The van der Waals surface area contributed by atoms with Crippen LogP contribution in [-0.2, 0) is 14.3 Å². The maximum atomic E-state index is 10.2. The Morgan fingerprint density at radius 2 is 2.08 bits per heavy atom. The van der Waals surface area contributed by atoms with Crippen LogP contribution in [0.2, 0.25) is 0 Å². The molecule has 0 aliphatic heterocycles. The van der Waals surface area contributed by atoms with E-state index in [4.69, 9.17) is 10.8 Å². The van der Waals surface area contributed by atoms with Crippen LogP contribution in [0.3, 0.4) is 0 Å². The molecule has 0 saturated carbocycles. The van der Waals surface area contributed by atoms with Crippen LogP contribution in [0, 0.1) is 0 Å². The molecular weight excluding hydrogens is 225 g/mol. The number of thiocarbonyl (C=S) groups is 1. The van der Waals surface area contributed by atoms with Crippen LogP contribution in [0.1, 0.15) is 0 Å². The molecule has 0 spiro atoms. The van der Waals surface area contributed by atoms with Crippen LogP contribution in [0.25, 0.3) is 0 Å². The predicted molar refractivity (Wildman–Crippen MR) is 53.6 cm³/mol. The van der Waals surface area contributed by atoms with Crippen LogP contribution >= 0.6 is 24.0 Å². The van der Waals surface area contributed by atoms with Crippen molar-refractivity contribution in [1.82, 2.24) is 0 Å². The summed E-state index contributed by atoms with van der Waals surface area (Å²) in [6, 6.07) is 0. The van der Waals surface area contributed by atoms with Gasteiger partial charge in [-0.25, -0.2) is 4.79 Å². The first-order valence-corrected chi connectivity index (χ1v) is 4.21. The minimum absolute atomic E-state index is 0. The van der Waals surface area contributed by atoms with E-state index in [1.807, 2.05) is 0 Å². The number of rotatable bonds is 4. The first kappa shape index (κ1) is 15.6. The quantitative estimate of drug-likeness (QED) is 0.487. The average molecular weight is 232 g/mol. The third kappa shape index (κ3) is 12.2. The Hall–Kier alpha value is 0.180. The van der Waals surface area contributed by atoms with Gasteiger partial charge in [0.2, 0.25) is 10.3 Å². The van der Waals surface area contributed by atoms with Crippen molar-refractivity contribution in [2.24, 2.45) is 5.73 Å². The molecule has 0 bridgehead atoms. The van der Waals surface area contributed by atoms with Gasteiger partial charge < -0.3 is 15.6 Å². The molecule has 69 valence electrons. The Kier molecular flexibility index (Phi) is 10.5. The van der Waals surface area contributed by atoms with Crippen molar-refractivity contribution in [3.8, 4) is 0 Å². The van der Waals surface area contributed by atoms with E-state index in [1.165, 1.54) is 0 Å². The Morgan fingerprint density at radius 3 is 2.46 bits per heavy atom. The predicted octanol–water partition coefficient (Wildman–Crippen LogP) is -0.790. The molecule has 0 atom stereocenters. The second-order valence-electron chi connectivity index (χ2n) is 1.69. The van der Waals surface area contributed by atoms with Gasteiger partial charge in [0.25, 0.3) is 0 Å². The molecule has 0 aromatic heterocycles. The number of carbonyl (C=O) groups excluding carboxylic acids is 1. The Labute approximate surface area is 107 Å². The summed E-state index contributed by atoms with van der Waals surface area (Å²) in [7, 11) is 0. The minimum Gasteiger partial charge on any atom is -0.479 e. The van der Waals surface area contributed by atoms with E-state index in [-0.39, 0.29) is 39.7 Å². The summed E-state index contributed by atoms with van der Waals surface area (Å²) in [6.07, 6.45) is 0. The number of aliphatic carboxylic acids is 1.